The molecule has 1 amide bonds. The lowest BCUT2D eigenvalue weighted by atomic mass is 10.1. The third-order valence-corrected chi connectivity index (χ3v) is 3.74. The Morgan fingerprint density at radius 1 is 1.25 bits per heavy atom. The van der Waals surface area contributed by atoms with Crippen molar-refractivity contribution in [3.05, 3.63) is 59.2 Å². The average molecular weight is 324 g/mol. The van der Waals surface area contributed by atoms with Crippen molar-refractivity contribution in [2.24, 2.45) is 7.05 Å². The predicted octanol–water partition coefficient (Wildman–Crippen LogP) is 2.66. The second-order valence-corrected chi connectivity index (χ2v) is 5.85. The molecule has 0 spiro atoms. The number of rotatable bonds is 5. The van der Waals surface area contributed by atoms with Crippen LogP contribution in [0.2, 0.25) is 0 Å². The van der Waals surface area contributed by atoms with Crippen molar-refractivity contribution in [3.8, 4) is 11.5 Å². The van der Waals surface area contributed by atoms with E-state index in [1.54, 1.807) is 18.0 Å². The molecular weight excluding hydrogens is 304 g/mol. The van der Waals surface area contributed by atoms with Gasteiger partial charge >= 0.3 is 0 Å². The first-order chi connectivity index (χ1) is 11.5. The molecule has 0 fully saturated rings. The Labute approximate surface area is 140 Å². The van der Waals surface area contributed by atoms with Gasteiger partial charge in [0.15, 0.2) is 5.69 Å². The first kappa shape index (κ1) is 16.0. The molecule has 0 aliphatic carbocycles. The van der Waals surface area contributed by atoms with Gasteiger partial charge in [-0.15, -0.1) is 0 Å². The van der Waals surface area contributed by atoms with Gasteiger partial charge in [-0.05, 0) is 26.0 Å². The molecule has 1 aromatic carbocycles. The van der Waals surface area contributed by atoms with Crippen LogP contribution in [-0.4, -0.2) is 27.2 Å². The molecule has 6 nitrogen and oxygen atoms in total. The number of carbonyl (C=O) groups excluding carboxylic acids is 1. The van der Waals surface area contributed by atoms with E-state index in [0.717, 1.165) is 16.8 Å². The minimum absolute atomic E-state index is 0.171. The topological polar surface area (TPSA) is 73.0 Å². The zero-order valence-corrected chi connectivity index (χ0v) is 14.0. The van der Waals surface area contributed by atoms with E-state index in [2.05, 4.69) is 15.4 Å². The minimum Gasteiger partial charge on any atom is -0.444 e. The van der Waals surface area contributed by atoms with Crippen LogP contribution in [0.5, 0.6) is 0 Å². The number of hydrogen-bond acceptors (Lipinski definition) is 4. The highest BCUT2D eigenvalue weighted by molar-refractivity contribution is 5.93. The van der Waals surface area contributed by atoms with Crippen molar-refractivity contribution < 1.29 is 9.21 Å². The van der Waals surface area contributed by atoms with Gasteiger partial charge in [-0.3, -0.25) is 9.48 Å². The number of nitrogens with one attached hydrogen (secondary N) is 1. The van der Waals surface area contributed by atoms with Gasteiger partial charge in [0.05, 0.1) is 5.69 Å². The molecule has 0 aliphatic rings. The second kappa shape index (κ2) is 6.70. The van der Waals surface area contributed by atoms with Crippen LogP contribution in [0.1, 0.15) is 27.3 Å². The van der Waals surface area contributed by atoms with E-state index in [-0.39, 0.29) is 5.91 Å². The Morgan fingerprint density at radius 3 is 2.67 bits per heavy atom. The quantitative estimate of drug-likeness (QED) is 0.783. The van der Waals surface area contributed by atoms with Crippen LogP contribution < -0.4 is 5.32 Å². The number of nitrogens with zero attached hydrogens (tertiary/aromatic N) is 3. The first-order valence-corrected chi connectivity index (χ1v) is 7.83. The zero-order valence-electron chi connectivity index (χ0n) is 14.0. The molecule has 1 N–H and O–H groups in total. The van der Waals surface area contributed by atoms with E-state index in [0.29, 0.717) is 24.6 Å². The fraction of sp³-hybridized carbons (Fsp3) is 0.278. The van der Waals surface area contributed by atoms with E-state index in [4.69, 9.17) is 4.42 Å². The Bertz CT molecular complexity index is 846. The van der Waals surface area contributed by atoms with E-state index >= 15 is 0 Å². The lowest BCUT2D eigenvalue weighted by Gasteiger charge is -2.01. The normalized spacial score (nSPS) is 10.8. The van der Waals surface area contributed by atoms with Gasteiger partial charge in [0.25, 0.3) is 5.91 Å². The van der Waals surface area contributed by atoms with Crippen molar-refractivity contribution in [1.29, 1.82) is 0 Å². The Balaban J connectivity index is 1.57. The highest BCUT2D eigenvalue weighted by atomic mass is 16.3. The van der Waals surface area contributed by atoms with E-state index in [1.165, 1.54) is 5.56 Å². The summed E-state index contributed by atoms with van der Waals surface area (Å²) in [5, 5.41) is 7.02. The van der Waals surface area contributed by atoms with Crippen molar-refractivity contribution >= 4 is 5.91 Å². The Morgan fingerprint density at radius 2 is 2.00 bits per heavy atom. The summed E-state index contributed by atoms with van der Waals surface area (Å²) in [5.41, 5.74) is 4.26. The molecule has 0 saturated carbocycles. The highest BCUT2D eigenvalue weighted by Gasteiger charge is 2.13. The lowest BCUT2D eigenvalue weighted by molar-refractivity contribution is 0.0947. The Hall–Kier alpha value is -2.89. The SMILES string of the molecule is Cc1ccc(-c2nc(CCNC(=O)c3nn(C)cc3C)co2)cc1. The summed E-state index contributed by atoms with van der Waals surface area (Å²) in [6, 6.07) is 8.01. The summed E-state index contributed by atoms with van der Waals surface area (Å²) in [6.45, 7) is 4.39. The van der Waals surface area contributed by atoms with Crippen LogP contribution in [0, 0.1) is 13.8 Å². The van der Waals surface area contributed by atoms with E-state index in [9.17, 15) is 4.79 Å². The van der Waals surface area contributed by atoms with E-state index < -0.39 is 0 Å². The molecule has 2 aromatic heterocycles. The number of amides is 1. The maximum absolute atomic E-state index is 12.1. The summed E-state index contributed by atoms with van der Waals surface area (Å²) < 4.78 is 7.15. The number of benzene rings is 1. The molecule has 6 heteroatoms. The number of aromatic nitrogens is 3. The maximum Gasteiger partial charge on any atom is 0.272 e. The van der Waals surface area contributed by atoms with E-state index in [1.807, 2.05) is 44.3 Å². The molecule has 0 bridgehead atoms. The number of oxazole rings is 1. The Kier molecular flexibility index (Phi) is 4.46. The van der Waals surface area contributed by atoms with Crippen LogP contribution in [0.25, 0.3) is 11.5 Å². The van der Waals surface area contributed by atoms with Crippen molar-refractivity contribution in [3.63, 3.8) is 0 Å². The number of carbonyl (C=O) groups is 1. The van der Waals surface area contributed by atoms with Gasteiger partial charge in [-0.25, -0.2) is 4.98 Å². The van der Waals surface area contributed by atoms with Gasteiger partial charge in [-0.1, -0.05) is 17.7 Å². The molecule has 0 radical (unpaired) electrons. The molecular formula is C18H20N4O2. The zero-order chi connectivity index (χ0) is 17.1. The molecule has 0 unspecified atom stereocenters. The summed E-state index contributed by atoms with van der Waals surface area (Å²) in [4.78, 5) is 16.6. The smallest absolute Gasteiger partial charge is 0.272 e. The maximum atomic E-state index is 12.1. The predicted molar refractivity (Wildman–Crippen MR) is 90.7 cm³/mol. The first-order valence-electron chi connectivity index (χ1n) is 7.83. The van der Waals surface area contributed by atoms with Gasteiger partial charge < -0.3 is 9.73 Å². The molecule has 0 saturated heterocycles. The fourth-order valence-corrected chi connectivity index (χ4v) is 2.47. The molecule has 2 heterocycles. The van der Waals surface area contributed by atoms with Crippen LogP contribution in [0.15, 0.2) is 41.1 Å². The second-order valence-electron chi connectivity index (χ2n) is 5.85. The minimum atomic E-state index is -0.171. The lowest BCUT2D eigenvalue weighted by Crippen LogP contribution is -2.26. The van der Waals surface area contributed by atoms with Crippen molar-refractivity contribution in [2.45, 2.75) is 20.3 Å². The molecule has 24 heavy (non-hydrogen) atoms. The van der Waals surface area contributed by atoms with Crippen molar-refractivity contribution in [2.75, 3.05) is 6.54 Å². The standard InChI is InChI=1S/C18H20N4O2/c1-12-4-6-14(7-5-12)18-20-15(11-24-18)8-9-19-17(23)16-13(2)10-22(3)21-16/h4-7,10-11H,8-9H2,1-3H3,(H,19,23). The van der Waals surface area contributed by atoms with Crippen LogP contribution in [-0.2, 0) is 13.5 Å². The monoisotopic (exact) mass is 324 g/mol. The van der Waals surface area contributed by atoms with Crippen LogP contribution in [0.3, 0.4) is 0 Å². The third-order valence-electron chi connectivity index (χ3n) is 3.74. The third kappa shape index (κ3) is 3.53. The molecule has 3 aromatic rings. The molecule has 0 aliphatic heterocycles. The number of hydrogen-bond donors (Lipinski definition) is 1. The molecule has 3 rings (SSSR count). The molecule has 124 valence electrons. The van der Waals surface area contributed by atoms with Crippen LogP contribution >= 0.6 is 0 Å². The van der Waals surface area contributed by atoms with Gasteiger partial charge in [-0.2, -0.15) is 5.10 Å². The fourth-order valence-electron chi connectivity index (χ4n) is 2.47. The largest absolute Gasteiger partial charge is 0.444 e. The summed E-state index contributed by atoms with van der Waals surface area (Å²) in [6.07, 6.45) is 4.06. The summed E-state index contributed by atoms with van der Waals surface area (Å²) in [7, 11) is 1.80. The number of aryl methyl sites for hydroxylation is 3. The average Bonchev–Trinajstić information content (AvgIpc) is 3.14. The van der Waals surface area contributed by atoms with Crippen molar-refractivity contribution in [1.82, 2.24) is 20.1 Å². The van der Waals surface area contributed by atoms with Gasteiger partial charge in [0.1, 0.15) is 6.26 Å². The highest BCUT2D eigenvalue weighted by Crippen LogP contribution is 2.19. The summed E-state index contributed by atoms with van der Waals surface area (Å²) >= 11 is 0. The van der Waals surface area contributed by atoms with Crippen LogP contribution in [0.4, 0.5) is 0 Å². The van der Waals surface area contributed by atoms with Gasteiger partial charge in [0, 0.05) is 37.3 Å². The van der Waals surface area contributed by atoms with Gasteiger partial charge in [0.2, 0.25) is 5.89 Å². The molecule has 0 atom stereocenters. The summed E-state index contributed by atoms with van der Waals surface area (Å²) in [5.74, 6) is 0.423.